The molecule has 1 aliphatic rings. The van der Waals surface area contributed by atoms with Crippen molar-refractivity contribution in [2.45, 2.75) is 45.3 Å². The Morgan fingerprint density at radius 3 is 2.91 bits per heavy atom. The van der Waals surface area contributed by atoms with E-state index >= 15 is 0 Å². The van der Waals surface area contributed by atoms with Crippen molar-refractivity contribution in [3.63, 3.8) is 0 Å². The van der Waals surface area contributed by atoms with Gasteiger partial charge in [-0.25, -0.2) is 0 Å². The first-order valence-corrected chi connectivity index (χ1v) is 7.35. The molecule has 0 radical (unpaired) electrons. The SMILES string of the molecule is Cc1nnc2ccc(-c3noc(C4CCC(C)(C)O4)n3)cn12. The van der Waals surface area contributed by atoms with Gasteiger partial charge in [-0.15, -0.1) is 10.2 Å². The van der Waals surface area contributed by atoms with Gasteiger partial charge in [0.25, 0.3) is 5.89 Å². The highest BCUT2D eigenvalue weighted by atomic mass is 16.5. The fourth-order valence-corrected chi connectivity index (χ4v) is 2.78. The molecule has 1 saturated heterocycles. The van der Waals surface area contributed by atoms with Crippen molar-refractivity contribution in [2.75, 3.05) is 0 Å². The van der Waals surface area contributed by atoms with Crippen LogP contribution in [0.15, 0.2) is 22.9 Å². The highest BCUT2D eigenvalue weighted by Gasteiger charge is 2.35. The van der Waals surface area contributed by atoms with Gasteiger partial charge in [-0.2, -0.15) is 4.98 Å². The monoisotopic (exact) mass is 299 g/mol. The van der Waals surface area contributed by atoms with E-state index in [4.69, 9.17) is 9.26 Å². The number of nitrogens with zero attached hydrogens (tertiary/aromatic N) is 5. The molecule has 4 heterocycles. The fourth-order valence-electron chi connectivity index (χ4n) is 2.78. The minimum atomic E-state index is -0.127. The molecule has 3 aromatic rings. The highest BCUT2D eigenvalue weighted by molar-refractivity contribution is 5.57. The lowest BCUT2D eigenvalue weighted by Crippen LogP contribution is -2.17. The van der Waals surface area contributed by atoms with E-state index in [0.717, 1.165) is 29.9 Å². The summed E-state index contributed by atoms with van der Waals surface area (Å²) >= 11 is 0. The molecule has 1 atom stereocenters. The van der Waals surface area contributed by atoms with Crippen LogP contribution in [-0.2, 0) is 4.74 Å². The van der Waals surface area contributed by atoms with Gasteiger partial charge < -0.3 is 9.26 Å². The third-order valence-electron chi connectivity index (χ3n) is 4.02. The molecule has 0 aromatic carbocycles. The first-order valence-electron chi connectivity index (χ1n) is 7.35. The second kappa shape index (κ2) is 4.61. The molecule has 0 saturated carbocycles. The summed E-state index contributed by atoms with van der Waals surface area (Å²) in [7, 11) is 0. The summed E-state index contributed by atoms with van der Waals surface area (Å²) in [5.74, 6) is 1.92. The van der Waals surface area contributed by atoms with Gasteiger partial charge in [-0.3, -0.25) is 4.40 Å². The lowest BCUT2D eigenvalue weighted by molar-refractivity contribution is -0.0292. The third-order valence-corrected chi connectivity index (χ3v) is 4.02. The molecule has 1 unspecified atom stereocenters. The van der Waals surface area contributed by atoms with E-state index in [9.17, 15) is 0 Å². The topological polar surface area (TPSA) is 78.3 Å². The van der Waals surface area contributed by atoms with Crippen LogP contribution in [0.5, 0.6) is 0 Å². The van der Waals surface area contributed by atoms with Crippen LogP contribution in [0.3, 0.4) is 0 Å². The summed E-state index contributed by atoms with van der Waals surface area (Å²) in [6.45, 7) is 6.06. The summed E-state index contributed by atoms with van der Waals surface area (Å²) in [6.07, 6.45) is 3.69. The van der Waals surface area contributed by atoms with E-state index in [1.54, 1.807) is 0 Å². The molecule has 22 heavy (non-hydrogen) atoms. The molecule has 3 aromatic heterocycles. The molecule has 1 aliphatic heterocycles. The number of ether oxygens (including phenoxy) is 1. The van der Waals surface area contributed by atoms with Crippen molar-refractivity contribution in [1.82, 2.24) is 24.7 Å². The molecular weight excluding hydrogens is 282 g/mol. The zero-order valence-corrected chi connectivity index (χ0v) is 12.8. The maximum absolute atomic E-state index is 5.94. The van der Waals surface area contributed by atoms with E-state index in [2.05, 4.69) is 34.2 Å². The van der Waals surface area contributed by atoms with Crippen LogP contribution in [0.1, 0.15) is 44.5 Å². The standard InChI is InChI=1S/C15H17N5O2/c1-9-17-18-12-5-4-10(8-20(9)12)13-16-14(22-19-13)11-6-7-15(2,3)21-11/h4-5,8,11H,6-7H2,1-3H3. The third kappa shape index (κ3) is 2.18. The fraction of sp³-hybridized carbons (Fsp3) is 0.467. The molecule has 1 fully saturated rings. The lowest BCUT2D eigenvalue weighted by atomic mass is 10.1. The van der Waals surface area contributed by atoms with Gasteiger partial charge in [-0.05, 0) is 45.7 Å². The number of hydrogen-bond donors (Lipinski definition) is 0. The van der Waals surface area contributed by atoms with Crippen molar-refractivity contribution >= 4 is 5.65 Å². The molecule has 7 nitrogen and oxygen atoms in total. The Hall–Kier alpha value is -2.28. The van der Waals surface area contributed by atoms with Crippen LogP contribution in [0, 0.1) is 6.92 Å². The second-order valence-corrected chi connectivity index (χ2v) is 6.25. The average Bonchev–Trinajstić information content (AvgIpc) is 3.18. The van der Waals surface area contributed by atoms with E-state index in [1.165, 1.54) is 0 Å². The first kappa shape index (κ1) is 13.4. The van der Waals surface area contributed by atoms with E-state index in [-0.39, 0.29) is 11.7 Å². The van der Waals surface area contributed by atoms with Crippen molar-refractivity contribution < 1.29 is 9.26 Å². The number of fused-ring (bicyclic) bond motifs is 1. The summed E-state index contributed by atoms with van der Waals surface area (Å²) in [6, 6.07) is 3.80. The molecule has 0 N–H and O–H groups in total. The molecule has 7 heteroatoms. The summed E-state index contributed by atoms with van der Waals surface area (Å²) in [5.41, 5.74) is 1.53. The molecule has 0 bridgehead atoms. The van der Waals surface area contributed by atoms with Crippen LogP contribution in [0.2, 0.25) is 0 Å². The predicted molar refractivity (Wildman–Crippen MR) is 78.2 cm³/mol. The predicted octanol–water partition coefficient (Wildman–Crippen LogP) is 2.72. The molecule has 0 aliphatic carbocycles. The summed E-state index contributed by atoms with van der Waals surface area (Å²) < 4.78 is 13.2. The molecule has 4 rings (SSSR count). The van der Waals surface area contributed by atoms with Gasteiger partial charge in [0.15, 0.2) is 5.65 Å². The number of aryl methyl sites for hydroxylation is 1. The Bertz CT molecular complexity index is 835. The van der Waals surface area contributed by atoms with Gasteiger partial charge in [0, 0.05) is 11.8 Å². The molecule has 0 amide bonds. The Labute approximate surface area is 127 Å². The van der Waals surface area contributed by atoms with Crippen molar-refractivity contribution in [3.8, 4) is 11.4 Å². The van der Waals surface area contributed by atoms with Crippen molar-refractivity contribution in [2.24, 2.45) is 0 Å². The van der Waals surface area contributed by atoms with Crippen LogP contribution >= 0.6 is 0 Å². The maximum atomic E-state index is 5.94. The lowest BCUT2D eigenvalue weighted by Gasteiger charge is -2.17. The number of rotatable bonds is 2. The Morgan fingerprint density at radius 1 is 1.27 bits per heavy atom. The first-order chi connectivity index (χ1) is 10.5. The molecular formula is C15H17N5O2. The van der Waals surface area contributed by atoms with Gasteiger partial charge in [0.05, 0.1) is 5.60 Å². The van der Waals surface area contributed by atoms with Crippen molar-refractivity contribution in [1.29, 1.82) is 0 Å². The van der Waals surface area contributed by atoms with Gasteiger partial charge in [0.1, 0.15) is 11.9 Å². The minimum absolute atomic E-state index is 0.114. The van der Waals surface area contributed by atoms with Gasteiger partial charge in [0.2, 0.25) is 5.82 Å². The maximum Gasteiger partial charge on any atom is 0.256 e. The quantitative estimate of drug-likeness (QED) is 0.724. The Balaban J connectivity index is 1.66. The second-order valence-electron chi connectivity index (χ2n) is 6.25. The van der Waals surface area contributed by atoms with Crippen LogP contribution in [0.25, 0.3) is 17.0 Å². The largest absolute Gasteiger partial charge is 0.363 e. The summed E-state index contributed by atoms with van der Waals surface area (Å²) in [4.78, 5) is 4.49. The van der Waals surface area contributed by atoms with Crippen LogP contribution in [-0.4, -0.2) is 30.3 Å². The van der Waals surface area contributed by atoms with Crippen LogP contribution in [0.4, 0.5) is 0 Å². The Kier molecular flexibility index (Phi) is 2.80. The highest BCUT2D eigenvalue weighted by Crippen LogP contribution is 2.38. The number of pyridine rings is 1. The zero-order chi connectivity index (χ0) is 15.3. The van der Waals surface area contributed by atoms with E-state index in [1.807, 2.05) is 29.7 Å². The number of hydrogen-bond acceptors (Lipinski definition) is 6. The molecule has 114 valence electrons. The number of aromatic nitrogens is 5. The smallest absolute Gasteiger partial charge is 0.256 e. The molecule has 0 spiro atoms. The van der Waals surface area contributed by atoms with Gasteiger partial charge in [-0.1, -0.05) is 5.16 Å². The van der Waals surface area contributed by atoms with Crippen LogP contribution < -0.4 is 0 Å². The average molecular weight is 299 g/mol. The summed E-state index contributed by atoms with van der Waals surface area (Å²) in [5, 5.41) is 12.2. The Morgan fingerprint density at radius 2 is 2.14 bits per heavy atom. The minimum Gasteiger partial charge on any atom is -0.363 e. The van der Waals surface area contributed by atoms with Gasteiger partial charge >= 0.3 is 0 Å². The van der Waals surface area contributed by atoms with Crippen molar-refractivity contribution in [3.05, 3.63) is 30.0 Å². The zero-order valence-electron chi connectivity index (χ0n) is 12.8. The van der Waals surface area contributed by atoms with E-state index in [0.29, 0.717) is 11.7 Å². The van der Waals surface area contributed by atoms with E-state index < -0.39 is 0 Å². The normalized spacial score (nSPS) is 20.8.